The third-order valence-corrected chi connectivity index (χ3v) is 4.57. The van der Waals surface area contributed by atoms with E-state index in [4.69, 9.17) is 14.2 Å². The maximum absolute atomic E-state index is 13.1. The number of hydrogen-bond acceptors (Lipinski definition) is 9. The van der Waals surface area contributed by atoms with E-state index in [1.807, 2.05) is 0 Å². The highest BCUT2D eigenvalue weighted by Gasteiger charge is 2.70. The first-order chi connectivity index (χ1) is 15.1. The van der Waals surface area contributed by atoms with Crippen LogP contribution in [0.5, 0.6) is 0 Å². The summed E-state index contributed by atoms with van der Waals surface area (Å²) in [7, 11) is 0. The second-order valence-electron chi connectivity index (χ2n) is 9.67. The van der Waals surface area contributed by atoms with Gasteiger partial charge >= 0.3 is 18.2 Å². The Bertz CT molecular complexity index is 916. The summed E-state index contributed by atoms with van der Waals surface area (Å²) in [5.74, 6) is -1.99. The van der Waals surface area contributed by atoms with E-state index >= 15 is 0 Å². The summed E-state index contributed by atoms with van der Waals surface area (Å²) >= 11 is 0. The van der Waals surface area contributed by atoms with Crippen molar-refractivity contribution in [3.05, 3.63) is 39.9 Å². The van der Waals surface area contributed by atoms with Crippen molar-refractivity contribution in [1.82, 2.24) is 4.90 Å². The largest absolute Gasteiger partial charge is 0.459 e. The van der Waals surface area contributed by atoms with Gasteiger partial charge in [-0.15, -0.1) is 0 Å². The van der Waals surface area contributed by atoms with Crippen molar-refractivity contribution in [1.29, 1.82) is 0 Å². The topological polar surface area (TPSA) is 142 Å². The highest BCUT2D eigenvalue weighted by molar-refractivity contribution is 6.01. The molecule has 2 amide bonds. The number of nitro groups is 1. The number of rotatable bonds is 6. The van der Waals surface area contributed by atoms with Crippen molar-refractivity contribution in [3.63, 3.8) is 0 Å². The van der Waals surface area contributed by atoms with Gasteiger partial charge in [-0.05, 0) is 65.7 Å². The third kappa shape index (κ3) is 6.27. The van der Waals surface area contributed by atoms with Crippen LogP contribution in [0.2, 0.25) is 0 Å². The lowest BCUT2D eigenvalue weighted by Gasteiger charge is -2.32. The van der Waals surface area contributed by atoms with Crippen LogP contribution in [0.3, 0.4) is 0 Å². The minimum absolute atomic E-state index is 0.134. The predicted octanol–water partition coefficient (Wildman–Crippen LogP) is 3.77. The molecule has 1 fully saturated rings. The normalized spacial score (nSPS) is 19.8. The van der Waals surface area contributed by atoms with Crippen molar-refractivity contribution >= 4 is 30.1 Å². The van der Waals surface area contributed by atoms with Gasteiger partial charge in [-0.3, -0.25) is 10.1 Å². The van der Waals surface area contributed by atoms with E-state index < -0.39 is 45.7 Å². The summed E-state index contributed by atoms with van der Waals surface area (Å²) < 4.78 is 15.9. The van der Waals surface area contributed by atoms with Crippen LogP contribution in [0.4, 0.5) is 15.3 Å². The zero-order valence-corrected chi connectivity index (χ0v) is 19.4. The summed E-state index contributed by atoms with van der Waals surface area (Å²) in [4.78, 5) is 61.2. The fourth-order valence-corrected chi connectivity index (χ4v) is 3.02. The fourth-order valence-electron chi connectivity index (χ4n) is 3.02. The van der Waals surface area contributed by atoms with Gasteiger partial charge in [0.05, 0.1) is 10.8 Å². The Hall–Kier alpha value is -3.50. The highest BCUT2D eigenvalue weighted by Crippen LogP contribution is 2.49. The molecule has 0 unspecified atom stereocenters. The summed E-state index contributed by atoms with van der Waals surface area (Å²) in [5, 5.41) is 10.8. The number of benzene rings is 1. The van der Waals surface area contributed by atoms with Crippen LogP contribution in [0.15, 0.2) is 24.3 Å². The molecule has 1 aliphatic carbocycles. The lowest BCUT2D eigenvalue weighted by molar-refractivity contribution is -0.384. The summed E-state index contributed by atoms with van der Waals surface area (Å²) in [6, 6.07) is 5.30. The van der Waals surface area contributed by atoms with Crippen molar-refractivity contribution < 1.29 is 38.3 Å². The van der Waals surface area contributed by atoms with Crippen LogP contribution in [0.1, 0.15) is 53.5 Å². The van der Waals surface area contributed by atoms with Gasteiger partial charge in [-0.1, -0.05) is 0 Å². The quantitative estimate of drug-likeness (QED) is 0.202. The van der Waals surface area contributed by atoms with Gasteiger partial charge in [-0.2, -0.15) is 4.90 Å². The smallest absolute Gasteiger partial charge is 0.420 e. The number of hydrogen-bond donors (Lipinski definition) is 0. The Labute approximate surface area is 191 Å². The number of carbonyl (C=O) groups is 4. The molecule has 33 heavy (non-hydrogen) atoms. The first-order valence-electron chi connectivity index (χ1n) is 10.2. The first kappa shape index (κ1) is 25.8. The molecule has 180 valence electrons. The number of amides is 2. The Morgan fingerprint density at radius 3 is 1.91 bits per heavy atom. The van der Waals surface area contributed by atoms with Crippen molar-refractivity contribution in [2.24, 2.45) is 5.92 Å². The zero-order chi connectivity index (χ0) is 25.2. The lowest BCUT2D eigenvalue weighted by atomic mass is 10.1. The molecule has 2 rings (SSSR count). The van der Waals surface area contributed by atoms with Crippen LogP contribution in [-0.4, -0.2) is 51.0 Å². The SMILES string of the molecule is CC(C)(C)OC(=O)N(C(=O)OC(C)(C)C)[C@@]1(C(=O)OCc2ccc([N+](=O)[O-])cc2)C[C@@H]1C=O. The molecule has 1 aliphatic rings. The molecule has 1 saturated carbocycles. The van der Waals surface area contributed by atoms with Crippen molar-refractivity contribution in [2.75, 3.05) is 0 Å². The number of ether oxygens (including phenoxy) is 3. The number of carbonyl (C=O) groups excluding carboxylic acids is 4. The predicted molar refractivity (Wildman–Crippen MR) is 114 cm³/mol. The number of nitrogens with zero attached hydrogens (tertiary/aromatic N) is 2. The lowest BCUT2D eigenvalue weighted by Crippen LogP contribution is -2.55. The molecular weight excluding hydrogens is 436 g/mol. The standard InChI is InChI=1S/C22H28N2O9/c1-20(2,3)32-18(27)23(19(28)33-21(4,5)6)22(11-15(22)12-25)17(26)31-13-14-7-9-16(10-8-14)24(29)30/h7-10,12,15H,11,13H2,1-6H3/t15-,22+/m1/s1. The molecule has 0 aromatic heterocycles. The average Bonchev–Trinajstić information content (AvgIpc) is 3.38. The minimum atomic E-state index is -1.91. The Balaban J connectivity index is 2.32. The van der Waals surface area contributed by atoms with Crippen molar-refractivity contribution in [3.8, 4) is 0 Å². The molecule has 1 aromatic carbocycles. The molecule has 0 aliphatic heterocycles. The monoisotopic (exact) mass is 464 g/mol. The van der Waals surface area contributed by atoms with E-state index in [1.54, 1.807) is 41.5 Å². The molecular formula is C22H28N2O9. The third-order valence-electron chi connectivity index (χ3n) is 4.57. The van der Waals surface area contributed by atoms with Crippen LogP contribution < -0.4 is 0 Å². The average molecular weight is 464 g/mol. The second kappa shape index (κ2) is 9.16. The molecule has 11 nitrogen and oxygen atoms in total. The molecule has 0 bridgehead atoms. The van der Waals surface area contributed by atoms with Crippen LogP contribution in [-0.2, 0) is 30.4 Å². The maximum atomic E-state index is 13.1. The Morgan fingerprint density at radius 1 is 1.06 bits per heavy atom. The highest BCUT2D eigenvalue weighted by atomic mass is 16.6. The summed E-state index contributed by atoms with van der Waals surface area (Å²) in [6.45, 7) is 9.22. The molecule has 11 heteroatoms. The molecule has 0 heterocycles. The Morgan fingerprint density at radius 2 is 1.55 bits per heavy atom. The molecule has 2 atom stereocenters. The molecule has 0 N–H and O–H groups in total. The van der Waals surface area contributed by atoms with E-state index in [0.29, 0.717) is 16.7 Å². The summed E-state index contributed by atoms with van der Waals surface area (Å²) in [5.41, 5.74) is -3.59. The summed E-state index contributed by atoms with van der Waals surface area (Å²) in [6.07, 6.45) is -1.97. The molecule has 0 spiro atoms. The number of non-ortho nitro benzene ring substituents is 1. The number of esters is 1. The van der Waals surface area contributed by atoms with E-state index in [0.717, 1.165) is 0 Å². The van der Waals surface area contributed by atoms with Crippen LogP contribution in [0.25, 0.3) is 0 Å². The van der Waals surface area contributed by atoms with Gasteiger partial charge < -0.3 is 19.0 Å². The van der Waals surface area contributed by atoms with Gasteiger partial charge in [0.1, 0.15) is 24.1 Å². The van der Waals surface area contributed by atoms with Gasteiger partial charge in [0, 0.05) is 12.1 Å². The van der Waals surface area contributed by atoms with E-state index in [-0.39, 0.29) is 18.7 Å². The van der Waals surface area contributed by atoms with E-state index in [2.05, 4.69) is 0 Å². The number of aldehydes is 1. The van der Waals surface area contributed by atoms with Gasteiger partial charge in [-0.25, -0.2) is 14.4 Å². The fraction of sp³-hybridized carbons (Fsp3) is 0.545. The second-order valence-corrected chi connectivity index (χ2v) is 9.67. The molecule has 0 radical (unpaired) electrons. The van der Waals surface area contributed by atoms with E-state index in [1.165, 1.54) is 24.3 Å². The number of imide groups is 1. The van der Waals surface area contributed by atoms with E-state index in [9.17, 15) is 29.3 Å². The zero-order valence-electron chi connectivity index (χ0n) is 19.4. The van der Waals surface area contributed by atoms with Gasteiger partial charge in [0.15, 0.2) is 5.54 Å². The maximum Gasteiger partial charge on any atom is 0.420 e. The van der Waals surface area contributed by atoms with Crippen LogP contribution in [0, 0.1) is 16.0 Å². The molecule has 0 saturated heterocycles. The Kier molecular flexibility index (Phi) is 7.15. The van der Waals surface area contributed by atoms with Gasteiger partial charge in [0.2, 0.25) is 0 Å². The van der Waals surface area contributed by atoms with Gasteiger partial charge in [0.25, 0.3) is 5.69 Å². The minimum Gasteiger partial charge on any atom is -0.459 e. The van der Waals surface area contributed by atoms with Crippen molar-refractivity contribution in [2.45, 2.75) is 71.3 Å². The number of nitro benzene ring substituents is 1. The first-order valence-corrected chi connectivity index (χ1v) is 10.2. The molecule has 1 aromatic rings. The van der Waals surface area contributed by atoms with Crippen LogP contribution >= 0.6 is 0 Å².